The fourth-order valence-corrected chi connectivity index (χ4v) is 1.01. The van der Waals surface area contributed by atoms with E-state index in [1.54, 1.807) is 6.92 Å². The minimum absolute atomic E-state index is 0.131. The van der Waals surface area contributed by atoms with E-state index >= 15 is 0 Å². The van der Waals surface area contributed by atoms with Gasteiger partial charge in [0.2, 0.25) is 0 Å². The molecular weight excluding hydrogens is 180 g/mol. The summed E-state index contributed by atoms with van der Waals surface area (Å²) in [5.74, 6) is 0. The monoisotopic (exact) mass is 188 g/mol. The smallest absolute Gasteiger partial charge is 0.299 e. The molecule has 66 valence electrons. The predicted molar refractivity (Wildman–Crippen MR) is 46.6 cm³/mol. The number of nitrogens with zero attached hydrogens (tertiary/aromatic N) is 1. The Morgan fingerprint density at radius 3 is 2.83 bits per heavy atom. The van der Waals surface area contributed by atoms with Gasteiger partial charge in [-0.1, -0.05) is 0 Å². The zero-order chi connectivity index (χ0) is 9.14. The van der Waals surface area contributed by atoms with Crippen LogP contribution in [0.15, 0.2) is 21.9 Å². The minimum atomic E-state index is -0.421. The predicted octanol–water partition coefficient (Wildman–Crippen LogP) is 0.164. The van der Waals surface area contributed by atoms with E-state index in [1.807, 2.05) is 0 Å². The van der Waals surface area contributed by atoms with Gasteiger partial charge in [-0.2, -0.15) is 0 Å². The van der Waals surface area contributed by atoms with Crippen LogP contribution in [0.5, 0.6) is 0 Å². The highest BCUT2D eigenvalue weighted by atomic mass is 35.5. The van der Waals surface area contributed by atoms with Crippen molar-refractivity contribution in [3.05, 3.63) is 33.1 Å². The summed E-state index contributed by atoms with van der Waals surface area (Å²) in [5, 5.41) is -0.131. The molecule has 1 heterocycles. The van der Waals surface area contributed by atoms with Crippen molar-refractivity contribution >= 4 is 11.6 Å². The molecule has 0 aliphatic carbocycles. The molecule has 0 saturated heterocycles. The first-order valence-electron chi connectivity index (χ1n) is 3.53. The van der Waals surface area contributed by atoms with E-state index in [4.69, 9.17) is 11.6 Å². The second-order valence-corrected chi connectivity index (χ2v) is 3.29. The van der Waals surface area contributed by atoms with Crippen LogP contribution >= 0.6 is 11.6 Å². The van der Waals surface area contributed by atoms with Crippen molar-refractivity contribution in [2.45, 2.75) is 18.8 Å². The lowest BCUT2D eigenvalue weighted by molar-refractivity contribution is 0.637. The SMILES string of the molecule is CC(Cl)Cn1ccc(=O)[nH]c1=O. The van der Waals surface area contributed by atoms with Crippen LogP contribution in [0.25, 0.3) is 0 Å². The third-order valence-electron chi connectivity index (χ3n) is 1.35. The van der Waals surface area contributed by atoms with Gasteiger partial charge in [0, 0.05) is 24.2 Å². The van der Waals surface area contributed by atoms with Gasteiger partial charge < -0.3 is 0 Å². The molecule has 1 aromatic rings. The van der Waals surface area contributed by atoms with Crippen molar-refractivity contribution in [1.82, 2.24) is 9.55 Å². The number of alkyl halides is 1. The van der Waals surface area contributed by atoms with E-state index < -0.39 is 11.2 Å². The molecule has 0 aromatic carbocycles. The normalized spacial score (nSPS) is 12.8. The highest BCUT2D eigenvalue weighted by molar-refractivity contribution is 6.20. The molecule has 5 heteroatoms. The largest absolute Gasteiger partial charge is 0.328 e. The minimum Gasteiger partial charge on any atom is -0.299 e. The van der Waals surface area contributed by atoms with Gasteiger partial charge in [0.1, 0.15) is 0 Å². The van der Waals surface area contributed by atoms with Gasteiger partial charge in [-0.15, -0.1) is 11.6 Å². The van der Waals surface area contributed by atoms with Crippen molar-refractivity contribution in [2.24, 2.45) is 0 Å². The van der Waals surface area contributed by atoms with Gasteiger partial charge in [-0.25, -0.2) is 4.79 Å². The molecule has 1 N–H and O–H groups in total. The molecule has 1 atom stereocenters. The van der Waals surface area contributed by atoms with Crippen LogP contribution in [-0.4, -0.2) is 14.9 Å². The Hall–Kier alpha value is -1.03. The molecule has 1 aromatic heterocycles. The van der Waals surface area contributed by atoms with Crippen LogP contribution in [0, 0.1) is 0 Å². The van der Waals surface area contributed by atoms with Crippen LogP contribution in [0.4, 0.5) is 0 Å². The Kier molecular flexibility index (Phi) is 2.70. The zero-order valence-electron chi connectivity index (χ0n) is 6.58. The summed E-state index contributed by atoms with van der Waals surface area (Å²) in [6, 6.07) is 1.29. The summed E-state index contributed by atoms with van der Waals surface area (Å²) in [4.78, 5) is 23.8. The third kappa shape index (κ3) is 2.23. The van der Waals surface area contributed by atoms with E-state index in [-0.39, 0.29) is 5.38 Å². The van der Waals surface area contributed by atoms with Crippen molar-refractivity contribution in [2.75, 3.05) is 0 Å². The van der Waals surface area contributed by atoms with E-state index in [2.05, 4.69) is 4.98 Å². The average Bonchev–Trinajstić information content (AvgIpc) is 1.94. The molecule has 1 rings (SSSR count). The Balaban J connectivity index is 3.02. The van der Waals surface area contributed by atoms with Crippen LogP contribution in [0.2, 0.25) is 0 Å². The van der Waals surface area contributed by atoms with Crippen molar-refractivity contribution in [1.29, 1.82) is 0 Å². The van der Waals surface area contributed by atoms with Crippen molar-refractivity contribution in [3.63, 3.8) is 0 Å². The lowest BCUT2D eigenvalue weighted by atomic mass is 10.4. The number of nitrogens with one attached hydrogen (secondary N) is 1. The molecule has 0 saturated carbocycles. The Morgan fingerprint density at radius 1 is 1.67 bits per heavy atom. The summed E-state index contributed by atoms with van der Waals surface area (Å²) in [5.41, 5.74) is -0.812. The van der Waals surface area contributed by atoms with Crippen molar-refractivity contribution < 1.29 is 0 Å². The molecule has 0 bridgehead atoms. The van der Waals surface area contributed by atoms with E-state index in [1.165, 1.54) is 16.8 Å². The average molecular weight is 189 g/mol. The molecular formula is C7H9ClN2O2. The van der Waals surface area contributed by atoms with Gasteiger partial charge >= 0.3 is 5.69 Å². The van der Waals surface area contributed by atoms with Gasteiger partial charge in [-0.05, 0) is 6.92 Å². The molecule has 0 radical (unpaired) electrons. The lowest BCUT2D eigenvalue weighted by Crippen LogP contribution is -2.30. The summed E-state index contributed by atoms with van der Waals surface area (Å²) in [7, 11) is 0. The van der Waals surface area contributed by atoms with Crippen LogP contribution in [-0.2, 0) is 6.54 Å². The Morgan fingerprint density at radius 2 is 2.33 bits per heavy atom. The number of hydrogen-bond donors (Lipinski definition) is 1. The highest BCUT2D eigenvalue weighted by Crippen LogP contribution is 1.94. The fourth-order valence-electron chi connectivity index (χ4n) is 0.859. The maximum absolute atomic E-state index is 11.0. The number of aromatic nitrogens is 2. The van der Waals surface area contributed by atoms with Crippen molar-refractivity contribution in [3.8, 4) is 0 Å². The molecule has 1 unspecified atom stereocenters. The second kappa shape index (κ2) is 3.58. The fraction of sp³-hybridized carbons (Fsp3) is 0.429. The summed E-state index contributed by atoms with van der Waals surface area (Å²) >= 11 is 5.67. The Bertz CT molecular complexity index is 366. The molecule has 0 fully saturated rings. The van der Waals surface area contributed by atoms with Crippen LogP contribution in [0.3, 0.4) is 0 Å². The number of halogens is 1. The topological polar surface area (TPSA) is 54.9 Å². The molecule has 0 aliphatic rings. The summed E-state index contributed by atoms with van der Waals surface area (Å²) < 4.78 is 1.36. The first-order chi connectivity index (χ1) is 5.59. The number of aromatic amines is 1. The first-order valence-corrected chi connectivity index (χ1v) is 3.97. The van der Waals surface area contributed by atoms with Gasteiger partial charge in [0.15, 0.2) is 0 Å². The third-order valence-corrected chi connectivity index (χ3v) is 1.48. The zero-order valence-corrected chi connectivity index (χ0v) is 7.34. The number of hydrogen-bond acceptors (Lipinski definition) is 2. The van der Waals surface area contributed by atoms with E-state index in [9.17, 15) is 9.59 Å². The molecule has 4 nitrogen and oxygen atoms in total. The maximum atomic E-state index is 11.0. The second-order valence-electron chi connectivity index (χ2n) is 2.54. The van der Waals surface area contributed by atoms with E-state index in [0.717, 1.165) is 0 Å². The molecule has 12 heavy (non-hydrogen) atoms. The quantitative estimate of drug-likeness (QED) is 0.673. The highest BCUT2D eigenvalue weighted by Gasteiger charge is 1.99. The summed E-state index contributed by atoms with van der Waals surface area (Å²) in [6.07, 6.45) is 1.43. The number of rotatable bonds is 2. The number of H-pyrrole nitrogens is 1. The van der Waals surface area contributed by atoms with Gasteiger partial charge in [-0.3, -0.25) is 14.3 Å². The lowest BCUT2D eigenvalue weighted by Gasteiger charge is -2.04. The maximum Gasteiger partial charge on any atom is 0.328 e. The standard InChI is InChI=1S/C7H9ClN2O2/c1-5(8)4-10-3-2-6(11)9-7(10)12/h2-3,5H,4H2,1H3,(H,9,11,12). The van der Waals surface area contributed by atoms with Gasteiger partial charge in [0.05, 0.1) is 0 Å². The molecule has 0 aliphatic heterocycles. The summed E-state index contributed by atoms with van der Waals surface area (Å²) in [6.45, 7) is 2.18. The Labute approximate surface area is 73.8 Å². The van der Waals surface area contributed by atoms with Crippen LogP contribution < -0.4 is 11.2 Å². The van der Waals surface area contributed by atoms with E-state index in [0.29, 0.717) is 6.54 Å². The van der Waals surface area contributed by atoms with Crippen LogP contribution in [0.1, 0.15) is 6.92 Å². The molecule has 0 spiro atoms. The van der Waals surface area contributed by atoms with Gasteiger partial charge in [0.25, 0.3) is 5.56 Å². The molecule has 0 amide bonds. The first kappa shape index (κ1) is 9.06.